The Bertz CT molecular complexity index is 2370. The zero-order valence-electron chi connectivity index (χ0n) is 31.4. The van der Waals surface area contributed by atoms with E-state index < -0.39 is 24.1 Å². The zero-order valence-corrected chi connectivity index (χ0v) is 35.9. The Morgan fingerprint density at radius 3 is 1.32 bits per heavy atom. The van der Waals surface area contributed by atoms with E-state index in [2.05, 4.69) is 20.2 Å². The van der Waals surface area contributed by atoms with E-state index in [0.717, 1.165) is 21.9 Å². The maximum atomic E-state index is 13.8. The number of carboxylic acid groups (broad SMARTS) is 1. The number of hydrogen-bond acceptors (Lipinski definition) is 8. The number of Topliss-reactive ketones (excluding diaryl/α,β-unsaturated/α-hetero) is 3. The lowest BCUT2D eigenvalue weighted by atomic mass is 10.1. The fourth-order valence-corrected chi connectivity index (χ4v) is 7.10. The lowest BCUT2D eigenvalue weighted by Crippen LogP contribution is -2.16. The Morgan fingerprint density at radius 2 is 0.967 bits per heavy atom. The molecule has 0 aliphatic rings. The van der Waals surface area contributed by atoms with Gasteiger partial charge in [-0.2, -0.15) is 10.2 Å². The van der Waals surface area contributed by atoms with Crippen LogP contribution >= 0.6 is 69.6 Å². The molecule has 0 fully saturated rings. The number of aromatic nitrogens is 6. The van der Waals surface area contributed by atoms with Crippen LogP contribution < -0.4 is 0 Å². The number of rotatable bonds is 16. The Morgan fingerprint density at radius 1 is 0.583 bits per heavy atom. The SMILES string of the molecule is CC(=O)Cn1nc(-c2ccc(Cl)c(F)c2)nc1CC(=O)CCc1cc(Cl)cc(Cl)c1.O=C(O)Cn1nc(-c2ccc(Cl)c(F)c2)nc1CC(=O)CCc1cc(Cl)cc(Cl)c1. The number of carbonyl (C=O) groups excluding carboxylic acids is 3. The second-order valence-electron chi connectivity index (χ2n) is 13.4. The molecule has 6 rings (SSSR count). The van der Waals surface area contributed by atoms with Gasteiger partial charge in [-0.05, 0) is 104 Å². The van der Waals surface area contributed by atoms with Gasteiger partial charge in [-0.1, -0.05) is 69.6 Å². The summed E-state index contributed by atoms with van der Waals surface area (Å²) in [6.07, 6.45) is 1.18. The fourth-order valence-electron chi connectivity index (χ4n) is 5.73. The Kier molecular flexibility index (Phi) is 16.3. The summed E-state index contributed by atoms with van der Waals surface area (Å²) in [6, 6.07) is 18.4. The van der Waals surface area contributed by atoms with Crippen LogP contribution in [0.2, 0.25) is 30.1 Å². The average molecular weight is 939 g/mol. The minimum atomic E-state index is -1.14. The van der Waals surface area contributed by atoms with Crippen molar-refractivity contribution in [2.24, 2.45) is 0 Å². The molecule has 4 aromatic carbocycles. The average Bonchev–Trinajstić information content (AvgIpc) is 3.73. The van der Waals surface area contributed by atoms with Crippen molar-refractivity contribution in [1.82, 2.24) is 29.5 Å². The minimum Gasteiger partial charge on any atom is -0.480 e. The number of nitrogens with zero attached hydrogens (tertiary/aromatic N) is 6. The van der Waals surface area contributed by atoms with E-state index in [4.69, 9.17) is 74.7 Å². The van der Waals surface area contributed by atoms with E-state index >= 15 is 0 Å². The van der Waals surface area contributed by atoms with Gasteiger partial charge in [0.25, 0.3) is 0 Å². The first-order valence-electron chi connectivity index (χ1n) is 17.8. The third kappa shape index (κ3) is 13.6. The van der Waals surface area contributed by atoms with Gasteiger partial charge in [-0.15, -0.1) is 0 Å². The molecule has 0 aliphatic heterocycles. The van der Waals surface area contributed by atoms with Crippen LogP contribution in [-0.4, -0.2) is 58.0 Å². The second kappa shape index (κ2) is 21.2. The highest BCUT2D eigenvalue weighted by atomic mass is 35.5. The lowest BCUT2D eigenvalue weighted by molar-refractivity contribution is -0.138. The summed E-state index contributed by atoms with van der Waals surface area (Å²) in [5.41, 5.74) is 2.39. The third-order valence-corrected chi connectivity index (χ3v) is 9.94. The number of carbonyl (C=O) groups is 4. The van der Waals surface area contributed by atoms with Crippen molar-refractivity contribution in [1.29, 1.82) is 0 Å². The molecule has 0 saturated carbocycles. The molecule has 11 nitrogen and oxygen atoms in total. The molecular formula is C41H32Cl6F2N6O5. The molecule has 0 bridgehead atoms. The molecule has 60 heavy (non-hydrogen) atoms. The number of aryl methyl sites for hydroxylation is 2. The van der Waals surface area contributed by atoms with Crippen molar-refractivity contribution in [2.45, 2.75) is 58.5 Å². The predicted octanol–water partition coefficient (Wildman–Crippen LogP) is 10.3. The fraction of sp³-hybridized carbons (Fsp3) is 0.220. The maximum absolute atomic E-state index is 13.8. The van der Waals surface area contributed by atoms with E-state index in [1.54, 1.807) is 42.5 Å². The highest BCUT2D eigenvalue weighted by molar-refractivity contribution is 6.35. The summed E-state index contributed by atoms with van der Waals surface area (Å²) < 4.78 is 30.0. The molecule has 0 atom stereocenters. The molecule has 0 unspecified atom stereocenters. The van der Waals surface area contributed by atoms with Crippen LogP contribution in [0.15, 0.2) is 72.8 Å². The first kappa shape index (κ1) is 46.3. The van der Waals surface area contributed by atoms with E-state index in [1.165, 1.54) is 35.9 Å². The molecule has 312 valence electrons. The molecule has 0 saturated heterocycles. The highest BCUT2D eigenvalue weighted by Crippen LogP contribution is 2.25. The maximum Gasteiger partial charge on any atom is 0.325 e. The molecule has 2 aromatic heterocycles. The van der Waals surface area contributed by atoms with E-state index in [9.17, 15) is 28.0 Å². The normalized spacial score (nSPS) is 10.9. The quantitative estimate of drug-likeness (QED) is 0.100. The van der Waals surface area contributed by atoms with Gasteiger partial charge in [-0.3, -0.25) is 19.2 Å². The molecule has 2 heterocycles. The summed E-state index contributed by atoms with van der Waals surface area (Å²) >= 11 is 35.3. The molecule has 1 N–H and O–H groups in total. The predicted molar refractivity (Wildman–Crippen MR) is 226 cm³/mol. The first-order chi connectivity index (χ1) is 28.4. The number of carboxylic acids is 1. The molecule has 6 aromatic rings. The Hall–Kier alpha value is -4.76. The first-order valence-corrected chi connectivity index (χ1v) is 20.1. The van der Waals surface area contributed by atoms with Crippen molar-refractivity contribution >= 4 is 92.9 Å². The number of hydrogen-bond donors (Lipinski definition) is 1. The van der Waals surface area contributed by atoms with Crippen molar-refractivity contribution in [3.63, 3.8) is 0 Å². The van der Waals surface area contributed by atoms with Gasteiger partial charge in [-0.25, -0.2) is 28.1 Å². The van der Waals surface area contributed by atoms with Crippen LogP contribution in [0.25, 0.3) is 22.8 Å². The number of ketones is 3. The summed E-state index contributed by atoms with van der Waals surface area (Å²) in [4.78, 5) is 56.3. The molecular weight excluding hydrogens is 907 g/mol. The van der Waals surface area contributed by atoms with Crippen LogP contribution in [-0.2, 0) is 58.0 Å². The largest absolute Gasteiger partial charge is 0.480 e. The van der Waals surface area contributed by atoms with Gasteiger partial charge in [0.2, 0.25) is 0 Å². The van der Waals surface area contributed by atoms with Crippen molar-refractivity contribution in [3.05, 3.63) is 137 Å². The monoisotopic (exact) mass is 936 g/mol. The van der Waals surface area contributed by atoms with Crippen LogP contribution in [0, 0.1) is 11.6 Å². The Balaban J connectivity index is 0.000000228. The van der Waals surface area contributed by atoms with Gasteiger partial charge in [0.05, 0.1) is 22.9 Å². The smallest absolute Gasteiger partial charge is 0.325 e. The second-order valence-corrected chi connectivity index (χ2v) is 15.9. The third-order valence-electron chi connectivity index (χ3n) is 8.45. The van der Waals surface area contributed by atoms with Gasteiger partial charge in [0, 0.05) is 44.1 Å². The molecule has 0 spiro atoms. The molecule has 0 radical (unpaired) electrons. The van der Waals surface area contributed by atoms with Crippen LogP contribution in [0.3, 0.4) is 0 Å². The number of aliphatic carboxylic acids is 1. The van der Waals surface area contributed by atoms with Gasteiger partial charge in [0.1, 0.15) is 47.9 Å². The summed E-state index contributed by atoms with van der Waals surface area (Å²) in [5, 5.41) is 19.4. The van der Waals surface area contributed by atoms with E-state index in [1.807, 2.05) is 0 Å². The summed E-state index contributed by atoms with van der Waals surface area (Å²) in [6.45, 7) is 0.906. The van der Waals surface area contributed by atoms with Crippen LogP contribution in [0.1, 0.15) is 42.5 Å². The molecule has 19 heteroatoms. The lowest BCUT2D eigenvalue weighted by Gasteiger charge is -2.05. The van der Waals surface area contributed by atoms with Crippen molar-refractivity contribution in [3.8, 4) is 22.8 Å². The van der Waals surface area contributed by atoms with Crippen LogP contribution in [0.5, 0.6) is 0 Å². The number of halogens is 8. The minimum absolute atomic E-state index is 0.00928. The highest BCUT2D eigenvalue weighted by Gasteiger charge is 2.19. The van der Waals surface area contributed by atoms with Crippen molar-refractivity contribution in [2.75, 3.05) is 0 Å². The molecule has 0 aliphatic carbocycles. The topological polar surface area (TPSA) is 150 Å². The summed E-state index contributed by atoms with van der Waals surface area (Å²) in [5.74, 6) is -1.95. The van der Waals surface area contributed by atoms with Gasteiger partial charge < -0.3 is 5.11 Å². The van der Waals surface area contributed by atoms with Gasteiger partial charge in [0.15, 0.2) is 17.4 Å². The standard InChI is InChI=1S/C21H17Cl3FN3O2.C20H15Cl3FN3O3/c1-12(29)11-28-20(26-21(27-28)14-3-5-18(24)19(25)8-14)10-17(30)4-2-13-6-15(22)9-16(23)7-13;21-13-5-11(6-14(22)8-13)1-3-15(28)9-18-25-20(26-27(18)10-19(29)30)12-2-4-16(23)17(24)7-12/h3,5-9H,2,4,10-11H2,1H3;2,4-8H,1,3,9-10H2,(H,29,30). The zero-order chi connectivity index (χ0) is 43.7. The van der Waals surface area contributed by atoms with E-state index in [-0.39, 0.29) is 77.1 Å². The van der Waals surface area contributed by atoms with Crippen LogP contribution in [0.4, 0.5) is 8.78 Å². The Labute approximate surface area is 372 Å². The number of benzene rings is 4. The van der Waals surface area contributed by atoms with Gasteiger partial charge >= 0.3 is 5.97 Å². The van der Waals surface area contributed by atoms with Crippen molar-refractivity contribution < 1.29 is 33.1 Å². The molecule has 0 amide bonds. The van der Waals surface area contributed by atoms with E-state index in [0.29, 0.717) is 49.9 Å². The summed E-state index contributed by atoms with van der Waals surface area (Å²) in [7, 11) is 0.